The SMILES string of the molecule is c1ccc(-n2c3ccccc3c3cc(-c4cc5c6ccccc6c6cc7ccccc7c7c6c5c(c4)n7-c4ccccc4)ccc32)cc1. The van der Waals surface area contributed by atoms with E-state index < -0.39 is 0 Å². The van der Waals surface area contributed by atoms with Crippen molar-refractivity contribution in [3.05, 3.63) is 170 Å². The summed E-state index contributed by atoms with van der Waals surface area (Å²) in [6.45, 7) is 0. The monoisotopic (exact) mass is 608 g/mol. The molecule has 9 aromatic carbocycles. The molecule has 2 aromatic heterocycles. The Morgan fingerprint density at radius 2 is 0.854 bits per heavy atom. The number of benzene rings is 9. The molecule has 0 atom stereocenters. The summed E-state index contributed by atoms with van der Waals surface area (Å²) < 4.78 is 4.90. The van der Waals surface area contributed by atoms with E-state index in [4.69, 9.17) is 0 Å². The first kappa shape index (κ1) is 25.8. The highest BCUT2D eigenvalue weighted by atomic mass is 15.0. The largest absolute Gasteiger partial charge is 0.309 e. The van der Waals surface area contributed by atoms with Crippen molar-refractivity contribution in [1.29, 1.82) is 0 Å². The van der Waals surface area contributed by atoms with Gasteiger partial charge in [0.2, 0.25) is 0 Å². The van der Waals surface area contributed by atoms with Crippen LogP contribution in [0.5, 0.6) is 0 Å². The smallest absolute Gasteiger partial charge is 0.0625 e. The van der Waals surface area contributed by atoms with Gasteiger partial charge < -0.3 is 9.13 Å². The average molecular weight is 609 g/mol. The highest BCUT2D eigenvalue weighted by Crippen LogP contribution is 2.48. The molecular formula is C46H28N2. The second kappa shape index (κ2) is 9.57. The first-order valence-corrected chi connectivity index (χ1v) is 16.6. The van der Waals surface area contributed by atoms with Gasteiger partial charge in [-0.25, -0.2) is 0 Å². The minimum Gasteiger partial charge on any atom is -0.309 e. The van der Waals surface area contributed by atoms with E-state index in [0.717, 1.165) is 0 Å². The lowest BCUT2D eigenvalue weighted by atomic mass is 9.90. The van der Waals surface area contributed by atoms with Crippen LogP contribution < -0.4 is 0 Å². The molecule has 0 fully saturated rings. The van der Waals surface area contributed by atoms with E-state index in [2.05, 4.69) is 179 Å². The highest BCUT2D eigenvalue weighted by Gasteiger charge is 2.23. The molecular weight excluding hydrogens is 581 g/mol. The third-order valence-electron chi connectivity index (χ3n) is 10.4. The zero-order valence-electron chi connectivity index (χ0n) is 26.1. The summed E-state index contributed by atoms with van der Waals surface area (Å²) in [6.07, 6.45) is 0. The van der Waals surface area contributed by atoms with E-state index in [-0.39, 0.29) is 0 Å². The number of rotatable bonds is 3. The van der Waals surface area contributed by atoms with Crippen molar-refractivity contribution < 1.29 is 0 Å². The summed E-state index contributed by atoms with van der Waals surface area (Å²) in [6, 6.07) is 62.4. The fraction of sp³-hybridized carbons (Fsp3) is 0. The Hall–Kier alpha value is -6.38. The molecule has 0 amide bonds. The van der Waals surface area contributed by atoms with Crippen LogP contribution in [-0.2, 0) is 0 Å². The summed E-state index contributed by atoms with van der Waals surface area (Å²) >= 11 is 0. The quantitative estimate of drug-likeness (QED) is 0.139. The summed E-state index contributed by atoms with van der Waals surface area (Å²) in [4.78, 5) is 0. The maximum atomic E-state index is 2.51. The van der Waals surface area contributed by atoms with Gasteiger partial charge in [-0.3, -0.25) is 0 Å². The maximum absolute atomic E-state index is 2.51. The van der Waals surface area contributed by atoms with Crippen molar-refractivity contribution in [2.45, 2.75) is 0 Å². The van der Waals surface area contributed by atoms with Gasteiger partial charge in [-0.05, 0) is 98.7 Å². The predicted octanol–water partition coefficient (Wildman–Crippen LogP) is 12.4. The van der Waals surface area contributed by atoms with Gasteiger partial charge >= 0.3 is 0 Å². The van der Waals surface area contributed by atoms with Crippen LogP contribution in [0.4, 0.5) is 0 Å². The van der Waals surface area contributed by atoms with Crippen molar-refractivity contribution in [2.75, 3.05) is 0 Å². The van der Waals surface area contributed by atoms with Gasteiger partial charge in [0, 0.05) is 38.3 Å². The van der Waals surface area contributed by atoms with E-state index in [1.807, 2.05) is 0 Å². The van der Waals surface area contributed by atoms with E-state index in [0.29, 0.717) is 0 Å². The van der Waals surface area contributed by atoms with Crippen LogP contribution >= 0.6 is 0 Å². The maximum Gasteiger partial charge on any atom is 0.0625 e. The topological polar surface area (TPSA) is 9.86 Å². The molecule has 0 aliphatic carbocycles. The van der Waals surface area contributed by atoms with Crippen molar-refractivity contribution >= 4 is 75.9 Å². The number of para-hydroxylation sites is 3. The molecule has 0 saturated carbocycles. The minimum atomic E-state index is 1.18. The van der Waals surface area contributed by atoms with Crippen LogP contribution in [-0.4, -0.2) is 9.13 Å². The molecule has 0 spiro atoms. The molecule has 0 N–H and O–H groups in total. The van der Waals surface area contributed by atoms with E-state index in [9.17, 15) is 0 Å². The second-order valence-electron chi connectivity index (χ2n) is 12.9. The summed E-state index contributed by atoms with van der Waals surface area (Å²) in [7, 11) is 0. The Balaban J connectivity index is 1.30. The van der Waals surface area contributed by atoms with Crippen LogP contribution in [0.25, 0.3) is 98.4 Å². The zero-order chi connectivity index (χ0) is 31.3. The number of nitrogens with zero attached hydrogens (tertiary/aromatic N) is 2. The van der Waals surface area contributed by atoms with Gasteiger partial charge in [0.25, 0.3) is 0 Å². The van der Waals surface area contributed by atoms with Crippen LogP contribution in [0.15, 0.2) is 170 Å². The van der Waals surface area contributed by atoms with Crippen molar-refractivity contribution in [1.82, 2.24) is 9.13 Å². The van der Waals surface area contributed by atoms with Gasteiger partial charge in [-0.15, -0.1) is 0 Å². The van der Waals surface area contributed by atoms with Gasteiger partial charge in [-0.2, -0.15) is 0 Å². The summed E-state index contributed by atoms with van der Waals surface area (Å²) in [5.74, 6) is 0. The van der Waals surface area contributed by atoms with Gasteiger partial charge in [0.05, 0.1) is 22.1 Å². The van der Waals surface area contributed by atoms with E-state index in [1.165, 1.54) is 98.4 Å². The first-order chi connectivity index (χ1) is 23.8. The number of hydrogen-bond donors (Lipinski definition) is 0. The number of hydrogen-bond acceptors (Lipinski definition) is 0. The molecule has 11 aromatic rings. The van der Waals surface area contributed by atoms with Gasteiger partial charge in [0.15, 0.2) is 0 Å². The van der Waals surface area contributed by atoms with Gasteiger partial charge in [-0.1, -0.05) is 109 Å². The van der Waals surface area contributed by atoms with Crippen LogP contribution in [0.2, 0.25) is 0 Å². The summed E-state index contributed by atoms with van der Waals surface area (Å²) in [5, 5.41) is 12.9. The molecule has 0 aliphatic rings. The zero-order valence-corrected chi connectivity index (χ0v) is 26.1. The third-order valence-corrected chi connectivity index (χ3v) is 10.4. The lowest BCUT2D eigenvalue weighted by Crippen LogP contribution is -1.94. The van der Waals surface area contributed by atoms with E-state index >= 15 is 0 Å². The molecule has 2 nitrogen and oxygen atoms in total. The number of fused-ring (bicyclic) bond motifs is 8. The van der Waals surface area contributed by atoms with Gasteiger partial charge in [0.1, 0.15) is 0 Å². The molecule has 11 rings (SSSR count). The lowest BCUT2D eigenvalue weighted by Gasteiger charge is -2.12. The average Bonchev–Trinajstić information content (AvgIpc) is 3.68. The number of aromatic nitrogens is 2. The van der Waals surface area contributed by atoms with Crippen LogP contribution in [0, 0.1) is 0 Å². The second-order valence-corrected chi connectivity index (χ2v) is 12.9. The third kappa shape index (κ3) is 3.41. The highest BCUT2D eigenvalue weighted by molar-refractivity contribution is 6.38. The standard InChI is InChI=1S/C46H28N2/c1-3-14-32(15-4-1)47-41-22-12-11-21-37(41)38-25-29(23-24-42(38)47)31-27-39-35-19-9-10-20-36(35)40-26-30-13-7-8-18-34(30)46-45(40)44(39)43(28-31)48(46)33-16-5-2-6-17-33/h1-28H. The lowest BCUT2D eigenvalue weighted by molar-refractivity contribution is 1.18. The van der Waals surface area contributed by atoms with Crippen LogP contribution in [0.3, 0.4) is 0 Å². The Kier molecular flexibility index (Phi) is 5.14. The van der Waals surface area contributed by atoms with Crippen molar-refractivity contribution in [2.24, 2.45) is 0 Å². The molecule has 0 bridgehead atoms. The van der Waals surface area contributed by atoms with E-state index in [1.54, 1.807) is 0 Å². The fourth-order valence-electron chi connectivity index (χ4n) is 8.40. The minimum absolute atomic E-state index is 1.18. The Morgan fingerprint density at radius 3 is 1.60 bits per heavy atom. The fourth-order valence-corrected chi connectivity index (χ4v) is 8.40. The molecule has 2 heteroatoms. The molecule has 222 valence electrons. The molecule has 2 heterocycles. The molecule has 48 heavy (non-hydrogen) atoms. The Morgan fingerprint density at radius 1 is 0.292 bits per heavy atom. The Labute approximate surface area is 276 Å². The summed E-state index contributed by atoms with van der Waals surface area (Å²) in [5.41, 5.74) is 9.74. The predicted molar refractivity (Wildman–Crippen MR) is 204 cm³/mol. The Bertz CT molecular complexity index is 3040. The van der Waals surface area contributed by atoms with Crippen LogP contribution in [0.1, 0.15) is 0 Å². The molecule has 0 aliphatic heterocycles. The van der Waals surface area contributed by atoms with Crippen molar-refractivity contribution in [3.8, 4) is 22.5 Å². The normalized spacial score (nSPS) is 12.2. The molecule has 0 saturated heterocycles. The first-order valence-electron chi connectivity index (χ1n) is 16.6. The molecule has 0 radical (unpaired) electrons. The molecule has 0 unspecified atom stereocenters. The van der Waals surface area contributed by atoms with Crippen molar-refractivity contribution in [3.63, 3.8) is 0 Å².